The zero-order valence-corrected chi connectivity index (χ0v) is 10.6. The lowest BCUT2D eigenvalue weighted by Crippen LogP contribution is -2.48. The van der Waals surface area contributed by atoms with Crippen molar-refractivity contribution < 1.29 is 18.0 Å². The summed E-state index contributed by atoms with van der Waals surface area (Å²) in [5, 5.41) is -0.559. The van der Waals surface area contributed by atoms with Gasteiger partial charge in [-0.3, -0.25) is 4.79 Å². The second kappa shape index (κ2) is 4.35. The largest absolute Gasteiger partial charge is 0.361 e. The van der Waals surface area contributed by atoms with E-state index in [0.29, 0.717) is 6.42 Å². The molecule has 6 heteroatoms. The molecule has 0 bridgehead atoms. The maximum atomic E-state index is 12.0. The minimum absolute atomic E-state index is 0.0311. The fourth-order valence-electron chi connectivity index (χ4n) is 3.15. The summed E-state index contributed by atoms with van der Waals surface area (Å²) in [7, 11) is -3.21. The van der Waals surface area contributed by atoms with Crippen molar-refractivity contribution in [2.24, 2.45) is 11.8 Å². The molecular weight excluding hydrogens is 240 g/mol. The SMILES string of the molecule is CS(=O)(=O)C1CC(=[N+]=[N-])C(=O)C2CCCCC21. The number of nitrogens with zero attached hydrogens (tertiary/aromatic N) is 2. The number of carbonyl (C=O) groups excluding carboxylic acids is 1. The van der Waals surface area contributed by atoms with Crippen LogP contribution in [0.1, 0.15) is 32.1 Å². The minimum atomic E-state index is -3.21. The van der Waals surface area contributed by atoms with E-state index in [0.717, 1.165) is 19.3 Å². The molecule has 0 radical (unpaired) electrons. The van der Waals surface area contributed by atoms with Crippen molar-refractivity contribution in [3.63, 3.8) is 0 Å². The van der Waals surface area contributed by atoms with Gasteiger partial charge in [-0.2, -0.15) is 4.79 Å². The molecule has 0 N–H and O–H groups in total. The molecular formula is C11H16N2O3S. The van der Waals surface area contributed by atoms with Crippen LogP contribution in [-0.4, -0.2) is 36.2 Å². The third kappa shape index (κ3) is 2.19. The molecule has 0 amide bonds. The first-order chi connectivity index (χ1) is 7.95. The Morgan fingerprint density at radius 1 is 1.29 bits per heavy atom. The summed E-state index contributed by atoms with van der Waals surface area (Å²) in [6, 6.07) is 0. The molecule has 2 saturated carbocycles. The molecule has 2 fully saturated rings. The topological polar surface area (TPSA) is 87.6 Å². The zero-order chi connectivity index (χ0) is 12.6. The van der Waals surface area contributed by atoms with E-state index >= 15 is 0 Å². The van der Waals surface area contributed by atoms with Crippen LogP contribution in [0.5, 0.6) is 0 Å². The van der Waals surface area contributed by atoms with Crippen LogP contribution < -0.4 is 0 Å². The Morgan fingerprint density at radius 3 is 2.53 bits per heavy atom. The zero-order valence-electron chi connectivity index (χ0n) is 9.80. The van der Waals surface area contributed by atoms with Crippen LogP contribution in [0.2, 0.25) is 0 Å². The summed E-state index contributed by atoms with van der Waals surface area (Å²) in [4.78, 5) is 15.0. The van der Waals surface area contributed by atoms with Gasteiger partial charge in [-0.1, -0.05) is 12.8 Å². The molecule has 5 nitrogen and oxygen atoms in total. The molecule has 0 spiro atoms. The van der Waals surface area contributed by atoms with Crippen molar-refractivity contribution >= 4 is 21.3 Å². The molecule has 17 heavy (non-hydrogen) atoms. The van der Waals surface area contributed by atoms with Gasteiger partial charge in [-0.15, -0.1) is 0 Å². The van der Waals surface area contributed by atoms with E-state index in [1.165, 1.54) is 6.26 Å². The van der Waals surface area contributed by atoms with Crippen LogP contribution in [0.3, 0.4) is 0 Å². The van der Waals surface area contributed by atoms with Crippen LogP contribution in [-0.2, 0) is 14.6 Å². The highest BCUT2D eigenvalue weighted by Gasteiger charge is 2.50. The highest BCUT2D eigenvalue weighted by Crippen LogP contribution is 2.40. The second-order valence-corrected chi connectivity index (χ2v) is 7.30. The van der Waals surface area contributed by atoms with Gasteiger partial charge in [0.25, 0.3) is 0 Å². The number of Topliss-reactive ketones (excluding diaryl/α,β-unsaturated/α-hetero) is 1. The van der Waals surface area contributed by atoms with E-state index in [2.05, 4.69) is 4.79 Å². The molecule has 2 rings (SSSR count). The molecule has 0 aromatic carbocycles. The number of carbonyl (C=O) groups is 1. The lowest BCUT2D eigenvalue weighted by atomic mass is 9.69. The third-order valence-corrected chi connectivity index (χ3v) is 5.60. The Morgan fingerprint density at radius 2 is 1.94 bits per heavy atom. The number of sulfone groups is 1. The summed E-state index contributed by atoms with van der Waals surface area (Å²) in [5.74, 6) is -0.503. The van der Waals surface area contributed by atoms with Gasteiger partial charge >= 0.3 is 5.71 Å². The van der Waals surface area contributed by atoms with Crippen molar-refractivity contribution in [2.45, 2.75) is 37.4 Å². The standard InChI is InChI=1S/C11H16N2O3S/c1-17(15,16)10-6-9(13-12)11(14)8-5-3-2-4-7(8)10/h7-8,10H,2-6H2,1H3. The summed E-state index contributed by atoms with van der Waals surface area (Å²) >= 11 is 0. The van der Waals surface area contributed by atoms with E-state index in [-0.39, 0.29) is 29.8 Å². The van der Waals surface area contributed by atoms with Gasteiger partial charge < -0.3 is 5.53 Å². The van der Waals surface area contributed by atoms with Crippen molar-refractivity contribution in [3.05, 3.63) is 5.53 Å². The number of fused-ring (bicyclic) bond motifs is 1. The summed E-state index contributed by atoms with van der Waals surface area (Å²) in [5.41, 5.74) is 8.84. The van der Waals surface area contributed by atoms with Gasteiger partial charge in [0.05, 0.1) is 11.7 Å². The van der Waals surface area contributed by atoms with Crippen molar-refractivity contribution in [2.75, 3.05) is 6.26 Å². The first kappa shape index (κ1) is 12.5. The Hall–Kier alpha value is -1.00. The molecule has 2 aliphatic rings. The van der Waals surface area contributed by atoms with Crippen LogP contribution >= 0.6 is 0 Å². The second-order valence-electron chi connectivity index (χ2n) is 5.04. The lowest BCUT2D eigenvalue weighted by Gasteiger charge is -2.37. The van der Waals surface area contributed by atoms with Crippen molar-refractivity contribution in [1.82, 2.24) is 0 Å². The minimum Gasteiger partial charge on any atom is -0.361 e. The fraction of sp³-hybridized carbons (Fsp3) is 0.818. The van der Waals surface area contributed by atoms with Crippen molar-refractivity contribution in [1.29, 1.82) is 0 Å². The van der Waals surface area contributed by atoms with Crippen molar-refractivity contribution in [3.8, 4) is 0 Å². The van der Waals surface area contributed by atoms with E-state index in [1.54, 1.807) is 0 Å². The van der Waals surface area contributed by atoms with Gasteiger partial charge in [-0.25, -0.2) is 8.42 Å². The van der Waals surface area contributed by atoms with Gasteiger partial charge in [0.15, 0.2) is 9.84 Å². The van der Waals surface area contributed by atoms with Gasteiger partial charge in [0.2, 0.25) is 5.78 Å². The normalized spacial score (nSPS) is 34.1. The van der Waals surface area contributed by atoms with Crippen LogP contribution in [0.25, 0.3) is 5.53 Å². The number of ketones is 1. The van der Waals surface area contributed by atoms with Gasteiger partial charge in [-0.05, 0) is 18.8 Å². The highest BCUT2D eigenvalue weighted by molar-refractivity contribution is 7.91. The average Bonchev–Trinajstić information content (AvgIpc) is 2.28. The average molecular weight is 256 g/mol. The lowest BCUT2D eigenvalue weighted by molar-refractivity contribution is -0.125. The van der Waals surface area contributed by atoms with Gasteiger partial charge in [0.1, 0.15) is 0 Å². The first-order valence-electron chi connectivity index (χ1n) is 5.89. The van der Waals surface area contributed by atoms with Crippen LogP contribution in [0, 0.1) is 11.8 Å². The fourth-order valence-corrected chi connectivity index (χ4v) is 4.57. The van der Waals surface area contributed by atoms with E-state index < -0.39 is 15.1 Å². The maximum Gasteiger partial charge on any atom is 0.336 e. The van der Waals surface area contributed by atoms with E-state index in [9.17, 15) is 13.2 Å². The Balaban J connectivity index is 2.41. The molecule has 0 saturated heterocycles. The molecule has 0 aromatic rings. The number of hydrogen-bond donors (Lipinski definition) is 0. The quantitative estimate of drug-likeness (QED) is 0.514. The molecule has 0 aliphatic heterocycles. The molecule has 0 heterocycles. The maximum absolute atomic E-state index is 12.0. The Kier molecular flexibility index (Phi) is 3.19. The number of hydrogen-bond acceptors (Lipinski definition) is 3. The molecule has 3 unspecified atom stereocenters. The summed E-state index contributed by atoms with van der Waals surface area (Å²) < 4.78 is 23.5. The summed E-state index contributed by atoms with van der Waals surface area (Å²) in [6.45, 7) is 0. The van der Waals surface area contributed by atoms with Crippen LogP contribution in [0.15, 0.2) is 0 Å². The third-order valence-electron chi connectivity index (χ3n) is 3.98. The monoisotopic (exact) mass is 256 g/mol. The molecule has 94 valence electrons. The molecule has 3 atom stereocenters. The van der Waals surface area contributed by atoms with Crippen LogP contribution in [0.4, 0.5) is 0 Å². The highest BCUT2D eigenvalue weighted by atomic mass is 32.2. The molecule has 2 aliphatic carbocycles. The van der Waals surface area contributed by atoms with E-state index in [4.69, 9.17) is 5.53 Å². The Labute approximate surface area is 101 Å². The smallest absolute Gasteiger partial charge is 0.336 e. The predicted molar refractivity (Wildman–Crippen MR) is 62.3 cm³/mol. The number of rotatable bonds is 1. The summed E-state index contributed by atoms with van der Waals surface area (Å²) in [6.07, 6.45) is 4.69. The Bertz CT molecular complexity index is 491. The van der Waals surface area contributed by atoms with Gasteiger partial charge in [0, 0.05) is 12.2 Å². The first-order valence-corrected chi connectivity index (χ1v) is 7.84. The molecule has 0 aromatic heterocycles. The van der Waals surface area contributed by atoms with E-state index in [1.807, 2.05) is 0 Å². The predicted octanol–water partition coefficient (Wildman–Crippen LogP) is 0.850.